The molecule has 0 fully saturated rings. The van der Waals surface area contributed by atoms with Crippen LogP contribution in [0.15, 0.2) is 57.9 Å². The molecule has 3 heteroatoms. The molecule has 0 heterocycles. The van der Waals surface area contributed by atoms with Gasteiger partial charge in [0.15, 0.2) is 0 Å². The number of hydrogen-bond donors (Lipinski definition) is 1. The van der Waals surface area contributed by atoms with E-state index in [2.05, 4.69) is 83.6 Å². The normalized spacial score (nSPS) is 12.3. The van der Waals surface area contributed by atoms with Crippen LogP contribution in [0.4, 0.5) is 0 Å². The van der Waals surface area contributed by atoms with E-state index in [-0.39, 0.29) is 0 Å². The largest absolute Gasteiger partial charge is 0.313 e. The Morgan fingerprint density at radius 3 is 2.57 bits per heavy atom. The maximum atomic E-state index is 3.60. The average Bonchev–Trinajstić information content (AvgIpc) is 2.47. The Labute approximate surface area is 140 Å². The fraction of sp³-hybridized carbons (Fsp3) is 0.333. The minimum Gasteiger partial charge on any atom is -0.313 e. The predicted octanol–water partition coefficient (Wildman–Crippen LogP) is 5.07. The summed E-state index contributed by atoms with van der Waals surface area (Å²) < 4.78 is 1.14. The van der Waals surface area contributed by atoms with Gasteiger partial charge >= 0.3 is 0 Å². The molecule has 0 saturated heterocycles. The minimum atomic E-state index is 0.502. The fourth-order valence-electron chi connectivity index (χ4n) is 2.29. The van der Waals surface area contributed by atoms with E-state index in [4.69, 9.17) is 0 Å². The molecule has 0 amide bonds. The molecule has 112 valence electrons. The van der Waals surface area contributed by atoms with Crippen molar-refractivity contribution in [3.05, 3.63) is 64.1 Å². The van der Waals surface area contributed by atoms with Gasteiger partial charge in [-0.1, -0.05) is 52.7 Å². The smallest absolute Gasteiger partial charge is 0.0201 e. The van der Waals surface area contributed by atoms with Crippen LogP contribution in [0.1, 0.15) is 18.1 Å². The molecule has 1 nitrogen and oxygen atoms in total. The molecule has 0 spiro atoms. The molecule has 2 aromatic rings. The van der Waals surface area contributed by atoms with E-state index < -0.39 is 0 Å². The first-order chi connectivity index (χ1) is 10.2. The molecule has 0 saturated carbocycles. The van der Waals surface area contributed by atoms with Gasteiger partial charge in [0, 0.05) is 21.2 Å². The van der Waals surface area contributed by atoms with Crippen molar-refractivity contribution >= 4 is 27.7 Å². The lowest BCUT2D eigenvalue weighted by atomic mass is 10.1. The Bertz CT molecular complexity index is 553. The SMILES string of the molecule is CCNC(CSc1cccc(C)c1)Cc1ccc(Br)cc1. The molecule has 1 atom stereocenters. The molecule has 0 aromatic heterocycles. The monoisotopic (exact) mass is 363 g/mol. The predicted molar refractivity (Wildman–Crippen MR) is 97.2 cm³/mol. The number of hydrogen-bond acceptors (Lipinski definition) is 2. The highest BCUT2D eigenvalue weighted by molar-refractivity contribution is 9.10. The van der Waals surface area contributed by atoms with Crippen LogP contribution >= 0.6 is 27.7 Å². The first kappa shape index (κ1) is 16.6. The number of benzene rings is 2. The standard InChI is InChI=1S/C18H22BrNS/c1-3-20-17(12-15-7-9-16(19)10-8-15)13-21-18-6-4-5-14(2)11-18/h4-11,17,20H,3,12-13H2,1-2H3. The quantitative estimate of drug-likeness (QED) is 0.689. The highest BCUT2D eigenvalue weighted by Gasteiger charge is 2.09. The molecule has 1 unspecified atom stereocenters. The van der Waals surface area contributed by atoms with E-state index in [0.717, 1.165) is 23.2 Å². The summed E-state index contributed by atoms with van der Waals surface area (Å²) in [5.74, 6) is 1.09. The van der Waals surface area contributed by atoms with E-state index in [1.165, 1.54) is 16.0 Å². The van der Waals surface area contributed by atoms with Gasteiger partial charge in [0.1, 0.15) is 0 Å². The molecule has 0 bridgehead atoms. The van der Waals surface area contributed by atoms with Crippen LogP contribution in [0, 0.1) is 6.92 Å². The second kappa shape index (κ2) is 8.62. The molecular weight excluding hydrogens is 342 g/mol. The molecule has 1 N–H and O–H groups in total. The van der Waals surface area contributed by atoms with Crippen molar-refractivity contribution in [2.24, 2.45) is 0 Å². The third-order valence-electron chi connectivity index (χ3n) is 3.33. The number of rotatable bonds is 7. The van der Waals surface area contributed by atoms with Crippen LogP contribution in [-0.2, 0) is 6.42 Å². The summed E-state index contributed by atoms with van der Waals surface area (Å²) in [7, 11) is 0. The Morgan fingerprint density at radius 1 is 1.14 bits per heavy atom. The Balaban J connectivity index is 1.93. The van der Waals surface area contributed by atoms with Gasteiger partial charge in [-0.2, -0.15) is 0 Å². The van der Waals surface area contributed by atoms with Crippen molar-refractivity contribution in [3.8, 4) is 0 Å². The number of thioether (sulfide) groups is 1. The number of likely N-dealkylation sites (N-methyl/N-ethyl adjacent to an activating group) is 1. The first-order valence-corrected chi connectivity index (χ1v) is 9.12. The van der Waals surface area contributed by atoms with Gasteiger partial charge in [-0.25, -0.2) is 0 Å². The van der Waals surface area contributed by atoms with Crippen LogP contribution in [0.5, 0.6) is 0 Å². The van der Waals surface area contributed by atoms with Gasteiger partial charge < -0.3 is 5.32 Å². The van der Waals surface area contributed by atoms with E-state index in [0.29, 0.717) is 6.04 Å². The summed E-state index contributed by atoms with van der Waals surface area (Å²) >= 11 is 5.42. The lowest BCUT2D eigenvalue weighted by molar-refractivity contribution is 0.572. The second-order valence-corrected chi connectivity index (χ2v) is 7.22. The molecule has 0 radical (unpaired) electrons. The number of halogens is 1. The van der Waals surface area contributed by atoms with Crippen LogP contribution in [0.2, 0.25) is 0 Å². The summed E-state index contributed by atoms with van der Waals surface area (Å²) in [5, 5.41) is 3.60. The van der Waals surface area contributed by atoms with Gasteiger partial charge in [0.25, 0.3) is 0 Å². The zero-order valence-electron chi connectivity index (χ0n) is 12.6. The second-order valence-electron chi connectivity index (χ2n) is 5.21. The summed E-state index contributed by atoms with van der Waals surface area (Å²) in [5.41, 5.74) is 2.71. The third-order valence-corrected chi connectivity index (χ3v) is 5.01. The van der Waals surface area contributed by atoms with Crippen molar-refractivity contribution in [1.82, 2.24) is 5.32 Å². The Kier molecular flexibility index (Phi) is 6.81. The van der Waals surface area contributed by atoms with Crippen molar-refractivity contribution in [2.75, 3.05) is 12.3 Å². The van der Waals surface area contributed by atoms with Gasteiger partial charge in [0.05, 0.1) is 0 Å². The van der Waals surface area contributed by atoms with Gasteiger partial charge in [0.2, 0.25) is 0 Å². The maximum absolute atomic E-state index is 3.60. The summed E-state index contributed by atoms with van der Waals surface area (Å²) in [6.07, 6.45) is 1.07. The van der Waals surface area contributed by atoms with Crippen molar-refractivity contribution < 1.29 is 0 Å². The van der Waals surface area contributed by atoms with Crippen LogP contribution in [-0.4, -0.2) is 18.3 Å². The van der Waals surface area contributed by atoms with Crippen LogP contribution in [0.3, 0.4) is 0 Å². The van der Waals surface area contributed by atoms with Crippen molar-refractivity contribution in [1.29, 1.82) is 0 Å². The topological polar surface area (TPSA) is 12.0 Å². The zero-order valence-corrected chi connectivity index (χ0v) is 15.0. The fourth-order valence-corrected chi connectivity index (χ4v) is 3.62. The zero-order chi connectivity index (χ0) is 15.1. The first-order valence-electron chi connectivity index (χ1n) is 7.34. The van der Waals surface area contributed by atoms with Crippen LogP contribution < -0.4 is 5.32 Å². The highest BCUT2D eigenvalue weighted by atomic mass is 79.9. The summed E-state index contributed by atoms with van der Waals surface area (Å²) in [4.78, 5) is 1.36. The highest BCUT2D eigenvalue weighted by Crippen LogP contribution is 2.21. The van der Waals surface area contributed by atoms with Gasteiger partial charge in [-0.3, -0.25) is 0 Å². The van der Waals surface area contributed by atoms with Crippen LogP contribution in [0.25, 0.3) is 0 Å². The molecule has 21 heavy (non-hydrogen) atoms. The molecule has 2 rings (SSSR count). The summed E-state index contributed by atoms with van der Waals surface area (Å²) in [6.45, 7) is 5.33. The molecule has 0 aliphatic heterocycles. The number of nitrogens with one attached hydrogen (secondary N) is 1. The maximum Gasteiger partial charge on any atom is 0.0201 e. The van der Waals surface area contributed by atoms with E-state index in [9.17, 15) is 0 Å². The Morgan fingerprint density at radius 2 is 1.90 bits per heavy atom. The minimum absolute atomic E-state index is 0.502. The average molecular weight is 364 g/mol. The molecule has 0 aliphatic rings. The van der Waals surface area contributed by atoms with Crippen molar-refractivity contribution in [3.63, 3.8) is 0 Å². The lowest BCUT2D eigenvalue weighted by Gasteiger charge is -2.18. The lowest BCUT2D eigenvalue weighted by Crippen LogP contribution is -2.33. The van der Waals surface area contributed by atoms with E-state index >= 15 is 0 Å². The molecule has 2 aromatic carbocycles. The van der Waals surface area contributed by atoms with Gasteiger partial charge in [-0.05, 0) is 49.7 Å². The summed E-state index contributed by atoms with van der Waals surface area (Å²) in [6, 6.07) is 17.9. The van der Waals surface area contributed by atoms with Gasteiger partial charge in [-0.15, -0.1) is 11.8 Å². The van der Waals surface area contributed by atoms with Crippen molar-refractivity contribution in [2.45, 2.75) is 31.2 Å². The molecule has 0 aliphatic carbocycles. The van der Waals surface area contributed by atoms with E-state index in [1.807, 2.05) is 11.8 Å². The number of aryl methyl sites for hydroxylation is 1. The Hall–Kier alpha value is -0.770. The molecular formula is C18H22BrNS. The third kappa shape index (κ3) is 5.85. The van der Waals surface area contributed by atoms with E-state index in [1.54, 1.807) is 0 Å².